The molecule has 5 nitrogen and oxygen atoms in total. The molecule has 0 saturated carbocycles. The van der Waals surface area contributed by atoms with Crippen LogP contribution in [0.2, 0.25) is 0 Å². The minimum atomic E-state index is -4.50. The Kier molecular flexibility index (Phi) is 7.38. The lowest BCUT2D eigenvalue weighted by atomic mass is 9.73. The minimum absolute atomic E-state index is 0.0220. The van der Waals surface area contributed by atoms with Gasteiger partial charge in [0.15, 0.2) is 0 Å². The number of halogens is 3. The highest BCUT2D eigenvalue weighted by molar-refractivity contribution is 5.94. The topological polar surface area (TPSA) is 49.9 Å². The minimum Gasteiger partial charge on any atom is -0.491 e. The SMILES string of the molecule is CN1CCOc2ccccc2CCCCC2(CCN(C(=O)c3cccc(C(F)(F)F)c3)CC2)C1=O. The molecule has 2 heterocycles. The Hall–Kier alpha value is -3.03. The number of carbonyl (C=O) groups excluding carboxylic acids is 2. The van der Waals surface area contributed by atoms with Gasteiger partial charge in [0.05, 0.1) is 17.5 Å². The van der Waals surface area contributed by atoms with Gasteiger partial charge in [0.1, 0.15) is 12.4 Å². The number of piperidine rings is 1. The highest BCUT2D eigenvalue weighted by Gasteiger charge is 2.43. The van der Waals surface area contributed by atoms with E-state index >= 15 is 0 Å². The Bertz CT molecular complexity index is 1060. The first kappa shape index (κ1) is 25.1. The summed E-state index contributed by atoms with van der Waals surface area (Å²) in [6.07, 6.45) is -0.115. The molecule has 8 heteroatoms. The van der Waals surface area contributed by atoms with Crippen molar-refractivity contribution in [3.8, 4) is 5.75 Å². The summed E-state index contributed by atoms with van der Waals surface area (Å²) in [5.41, 5.74) is -0.221. The molecule has 0 atom stereocenters. The zero-order valence-electron chi connectivity index (χ0n) is 19.9. The zero-order valence-corrected chi connectivity index (χ0v) is 19.9. The lowest BCUT2D eigenvalue weighted by molar-refractivity contribution is -0.144. The van der Waals surface area contributed by atoms with Crippen LogP contribution >= 0.6 is 0 Å². The monoisotopic (exact) mass is 488 g/mol. The van der Waals surface area contributed by atoms with E-state index in [0.29, 0.717) is 39.1 Å². The van der Waals surface area contributed by atoms with Crippen molar-refractivity contribution in [1.82, 2.24) is 9.80 Å². The molecular weight excluding hydrogens is 457 g/mol. The van der Waals surface area contributed by atoms with Crippen LogP contribution in [0.5, 0.6) is 5.75 Å². The van der Waals surface area contributed by atoms with E-state index in [4.69, 9.17) is 4.74 Å². The number of hydrogen-bond acceptors (Lipinski definition) is 3. The second-order valence-corrected chi connectivity index (χ2v) is 9.54. The van der Waals surface area contributed by atoms with Crippen LogP contribution in [0, 0.1) is 5.41 Å². The normalized spacial score (nSPS) is 19.4. The number of hydrogen-bond donors (Lipinski definition) is 0. The highest BCUT2D eigenvalue weighted by Crippen LogP contribution is 2.39. The molecule has 0 aromatic heterocycles. The van der Waals surface area contributed by atoms with Crippen LogP contribution in [0.3, 0.4) is 0 Å². The number of likely N-dealkylation sites (N-methyl/N-ethyl adjacent to an activating group) is 1. The number of rotatable bonds is 1. The molecule has 35 heavy (non-hydrogen) atoms. The van der Waals surface area contributed by atoms with Gasteiger partial charge in [-0.1, -0.05) is 30.7 Å². The lowest BCUT2D eigenvalue weighted by Crippen LogP contribution is -2.51. The van der Waals surface area contributed by atoms with E-state index in [1.807, 2.05) is 18.2 Å². The van der Waals surface area contributed by atoms with Gasteiger partial charge in [0, 0.05) is 25.7 Å². The van der Waals surface area contributed by atoms with Crippen molar-refractivity contribution < 1.29 is 27.5 Å². The van der Waals surface area contributed by atoms with Gasteiger partial charge >= 0.3 is 6.18 Å². The molecule has 0 aliphatic carbocycles. The number of benzene rings is 2. The smallest absolute Gasteiger partial charge is 0.416 e. The van der Waals surface area contributed by atoms with Crippen molar-refractivity contribution in [2.24, 2.45) is 5.41 Å². The van der Waals surface area contributed by atoms with Gasteiger partial charge in [-0.25, -0.2) is 0 Å². The van der Waals surface area contributed by atoms with Crippen LogP contribution in [-0.4, -0.2) is 54.9 Å². The van der Waals surface area contributed by atoms with E-state index < -0.39 is 23.1 Å². The van der Waals surface area contributed by atoms with E-state index in [1.54, 1.807) is 16.8 Å². The van der Waals surface area contributed by atoms with Gasteiger partial charge in [0.25, 0.3) is 5.91 Å². The number of alkyl halides is 3. The summed E-state index contributed by atoms with van der Waals surface area (Å²) in [4.78, 5) is 29.8. The number of fused-ring (bicyclic) bond motifs is 1. The third-order valence-corrected chi connectivity index (χ3v) is 7.25. The molecule has 1 saturated heterocycles. The number of carbonyl (C=O) groups is 2. The van der Waals surface area contributed by atoms with Gasteiger partial charge in [-0.2, -0.15) is 13.2 Å². The van der Waals surface area contributed by atoms with Crippen molar-refractivity contribution in [3.63, 3.8) is 0 Å². The van der Waals surface area contributed by atoms with Crippen molar-refractivity contribution in [1.29, 1.82) is 0 Å². The van der Waals surface area contributed by atoms with Crippen LogP contribution in [0.25, 0.3) is 0 Å². The van der Waals surface area contributed by atoms with Crippen molar-refractivity contribution in [2.45, 2.75) is 44.7 Å². The summed E-state index contributed by atoms with van der Waals surface area (Å²) in [6.45, 7) is 1.54. The molecule has 1 spiro atoms. The molecule has 0 radical (unpaired) electrons. The first-order valence-electron chi connectivity index (χ1n) is 12.1. The fourth-order valence-corrected chi connectivity index (χ4v) is 5.15. The first-order valence-corrected chi connectivity index (χ1v) is 12.1. The van der Waals surface area contributed by atoms with Crippen LogP contribution in [0.15, 0.2) is 48.5 Å². The Labute approximate surface area is 203 Å². The molecule has 2 aliphatic heterocycles. The van der Waals surface area contributed by atoms with Gasteiger partial charge < -0.3 is 14.5 Å². The van der Waals surface area contributed by atoms with Crippen molar-refractivity contribution in [3.05, 3.63) is 65.2 Å². The Morgan fingerprint density at radius 2 is 1.71 bits per heavy atom. The number of ether oxygens (including phenoxy) is 1. The summed E-state index contributed by atoms with van der Waals surface area (Å²) in [7, 11) is 1.78. The van der Waals surface area contributed by atoms with Crippen LogP contribution in [-0.2, 0) is 17.4 Å². The summed E-state index contributed by atoms with van der Waals surface area (Å²) in [5.74, 6) is 0.496. The molecule has 0 bridgehead atoms. The fourth-order valence-electron chi connectivity index (χ4n) is 5.15. The maximum Gasteiger partial charge on any atom is 0.416 e. The number of para-hydroxylation sites is 1. The summed E-state index contributed by atoms with van der Waals surface area (Å²) in [5, 5.41) is 0. The van der Waals surface area contributed by atoms with Gasteiger partial charge in [-0.3, -0.25) is 9.59 Å². The lowest BCUT2D eigenvalue weighted by Gasteiger charge is -2.43. The molecule has 0 unspecified atom stereocenters. The third kappa shape index (κ3) is 5.63. The number of likely N-dealkylation sites (tertiary alicyclic amines) is 1. The Balaban J connectivity index is 1.46. The van der Waals surface area contributed by atoms with E-state index in [-0.39, 0.29) is 11.5 Å². The standard InChI is InChI=1S/C27H31F3N2O3/c1-31-17-18-35-23-11-3-2-7-20(23)8-4-5-12-26(25(31)34)13-15-32(16-14-26)24(33)21-9-6-10-22(19-21)27(28,29)30/h2-3,6-7,9-11,19H,4-5,8,12-18H2,1H3. The second-order valence-electron chi connectivity index (χ2n) is 9.54. The fraction of sp³-hybridized carbons (Fsp3) is 0.481. The zero-order chi connectivity index (χ0) is 25.1. The average molecular weight is 489 g/mol. The number of aryl methyl sites for hydroxylation is 1. The number of amides is 2. The molecular formula is C27H31F3N2O3. The summed E-state index contributed by atoms with van der Waals surface area (Å²) < 4.78 is 45.2. The molecule has 2 aliphatic rings. The van der Waals surface area contributed by atoms with Crippen LogP contribution in [0.1, 0.15) is 53.6 Å². The summed E-state index contributed by atoms with van der Waals surface area (Å²) >= 11 is 0. The van der Waals surface area contributed by atoms with Crippen molar-refractivity contribution >= 4 is 11.8 Å². The van der Waals surface area contributed by atoms with Gasteiger partial charge in [-0.15, -0.1) is 0 Å². The maximum atomic E-state index is 13.5. The molecule has 2 aromatic carbocycles. The molecule has 2 aromatic rings. The van der Waals surface area contributed by atoms with Crippen molar-refractivity contribution in [2.75, 3.05) is 33.3 Å². The predicted molar refractivity (Wildman–Crippen MR) is 126 cm³/mol. The van der Waals surface area contributed by atoms with Gasteiger partial charge in [0.2, 0.25) is 5.91 Å². The molecule has 188 valence electrons. The quantitative estimate of drug-likeness (QED) is 0.555. The Morgan fingerprint density at radius 3 is 2.46 bits per heavy atom. The van der Waals surface area contributed by atoms with E-state index in [2.05, 4.69) is 6.07 Å². The maximum absolute atomic E-state index is 13.5. The molecule has 1 fully saturated rings. The number of nitrogens with zero attached hydrogens (tertiary/aromatic N) is 2. The molecule has 2 amide bonds. The summed E-state index contributed by atoms with van der Waals surface area (Å²) in [6, 6.07) is 12.5. The van der Waals surface area contributed by atoms with Crippen LogP contribution in [0.4, 0.5) is 13.2 Å². The second kappa shape index (κ2) is 10.3. The predicted octanol–water partition coefficient (Wildman–Crippen LogP) is 5.19. The first-order chi connectivity index (χ1) is 16.7. The van der Waals surface area contributed by atoms with E-state index in [1.165, 1.54) is 12.1 Å². The molecule has 4 rings (SSSR count). The third-order valence-electron chi connectivity index (χ3n) is 7.25. The molecule has 0 N–H and O–H groups in total. The van der Waals surface area contributed by atoms with Gasteiger partial charge in [-0.05, 0) is 61.9 Å². The Morgan fingerprint density at radius 1 is 0.971 bits per heavy atom. The average Bonchev–Trinajstić information content (AvgIpc) is 2.86. The van der Waals surface area contributed by atoms with Crippen LogP contribution < -0.4 is 4.74 Å². The van der Waals surface area contributed by atoms with E-state index in [9.17, 15) is 22.8 Å². The largest absolute Gasteiger partial charge is 0.491 e. The van der Waals surface area contributed by atoms with E-state index in [0.717, 1.165) is 49.1 Å². The highest BCUT2D eigenvalue weighted by atomic mass is 19.4.